The average Bonchev–Trinajstić information content (AvgIpc) is 3.18. The van der Waals surface area contributed by atoms with Gasteiger partial charge >= 0.3 is 6.09 Å². The first kappa shape index (κ1) is 18.1. The van der Waals surface area contributed by atoms with Crippen LogP contribution in [0.3, 0.4) is 0 Å². The van der Waals surface area contributed by atoms with Crippen molar-refractivity contribution in [3.8, 4) is 10.6 Å². The van der Waals surface area contributed by atoms with E-state index in [0.717, 1.165) is 35.7 Å². The molecule has 1 aromatic carbocycles. The van der Waals surface area contributed by atoms with Crippen molar-refractivity contribution in [3.63, 3.8) is 0 Å². The summed E-state index contributed by atoms with van der Waals surface area (Å²) in [5.74, 6) is 0.231. The molecule has 28 heavy (non-hydrogen) atoms. The number of aromatic nitrogens is 1. The van der Waals surface area contributed by atoms with Crippen molar-refractivity contribution < 1.29 is 13.9 Å². The highest BCUT2D eigenvalue weighted by Gasteiger charge is 2.65. The van der Waals surface area contributed by atoms with E-state index in [1.807, 2.05) is 19.2 Å². The van der Waals surface area contributed by atoms with Crippen LogP contribution in [0, 0.1) is 11.7 Å². The molecule has 3 unspecified atom stereocenters. The molecule has 3 heterocycles. The minimum atomic E-state index is -0.647. The van der Waals surface area contributed by atoms with Gasteiger partial charge in [-0.15, -0.1) is 11.3 Å². The number of carbonyl (C=O) groups excluding carboxylic acids is 1. The molecule has 5 nitrogen and oxygen atoms in total. The molecule has 1 amide bonds. The lowest BCUT2D eigenvalue weighted by Gasteiger charge is -2.60. The Kier molecular flexibility index (Phi) is 4.04. The predicted molar refractivity (Wildman–Crippen MR) is 106 cm³/mol. The van der Waals surface area contributed by atoms with Crippen molar-refractivity contribution >= 4 is 17.4 Å². The average molecular weight is 402 g/mol. The van der Waals surface area contributed by atoms with Gasteiger partial charge in [-0.3, -0.25) is 4.90 Å². The van der Waals surface area contributed by atoms with Gasteiger partial charge in [-0.05, 0) is 57.5 Å². The number of nitrogens with zero attached hydrogens (tertiary/aromatic N) is 2. The fourth-order valence-corrected chi connectivity index (χ4v) is 6.01. The van der Waals surface area contributed by atoms with Crippen molar-refractivity contribution in [2.75, 3.05) is 13.1 Å². The van der Waals surface area contributed by atoms with Crippen molar-refractivity contribution in [3.05, 3.63) is 41.2 Å². The Labute approximate surface area is 167 Å². The molecule has 2 aromatic rings. The Morgan fingerprint density at radius 2 is 2.14 bits per heavy atom. The standard InChI is InChI=1S/C21H24FN3O2S/c1-20(2,17-12-28-18(23-17)13-3-5-14(22)6-4-13)24-19(26)27-16-11-21-8-10-25(21)9-7-15(16)21/h3-6,12,15-16H,7-11H2,1-2H3,(H,24,26). The van der Waals surface area contributed by atoms with Crippen LogP contribution in [0.25, 0.3) is 10.6 Å². The van der Waals surface area contributed by atoms with E-state index in [1.165, 1.54) is 36.4 Å². The molecule has 2 aliphatic heterocycles. The molecule has 2 saturated heterocycles. The SMILES string of the molecule is CC(C)(NC(=O)OC1CC23CCN2CCC13)c1csc(-c2ccc(F)cc2)n1. The number of carbonyl (C=O) groups is 1. The molecule has 1 aromatic heterocycles. The summed E-state index contributed by atoms with van der Waals surface area (Å²) >= 11 is 1.48. The zero-order chi connectivity index (χ0) is 19.5. The lowest BCUT2D eigenvalue weighted by molar-refractivity contribution is -0.146. The summed E-state index contributed by atoms with van der Waals surface area (Å²) in [5.41, 5.74) is 1.33. The van der Waals surface area contributed by atoms with Crippen molar-refractivity contribution in [2.24, 2.45) is 5.92 Å². The largest absolute Gasteiger partial charge is 0.446 e. The molecule has 5 rings (SSSR count). The Balaban J connectivity index is 1.22. The first-order valence-electron chi connectivity index (χ1n) is 9.83. The Morgan fingerprint density at radius 3 is 2.86 bits per heavy atom. The molecule has 3 aliphatic rings. The third kappa shape index (κ3) is 2.75. The molecule has 7 heteroatoms. The van der Waals surface area contributed by atoms with Crippen LogP contribution < -0.4 is 5.32 Å². The molecule has 3 atom stereocenters. The van der Waals surface area contributed by atoms with Gasteiger partial charge in [-0.2, -0.15) is 0 Å². The minimum absolute atomic E-state index is 0.0336. The van der Waals surface area contributed by atoms with Gasteiger partial charge in [0.1, 0.15) is 16.9 Å². The van der Waals surface area contributed by atoms with E-state index in [1.54, 1.807) is 12.1 Å². The maximum atomic E-state index is 13.1. The number of halogens is 1. The molecule has 1 aliphatic carbocycles. The Hall–Kier alpha value is -1.99. The summed E-state index contributed by atoms with van der Waals surface area (Å²) in [6.07, 6.45) is 3.01. The van der Waals surface area contributed by atoms with Gasteiger partial charge in [0.05, 0.1) is 11.2 Å². The Bertz CT molecular complexity index is 913. The summed E-state index contributed by atoms with van der Waals surface area (Å²) < 4.78 is 18.9. The normalized spacial score (nSPS) is 28.7. The fraction of sp³-hybridized carbons (Fsp3) is 0.524. The number of hydrogen-bond donors (Lipinski definition) is 1. The number of amides is 1. The van der Waals surface area contributed by atoms with E-state index in [4.69, 9.17) is 4.74 Å². The van der Waals surface area contributed by atoms with Crippen LogP contribution in [0.2, 0.25) is 0 Å². The van der Waals surface area contributed by atoms with Gasteiger partial charge in [-0.25, -0.2) is 14.2 Å². The molecule has 1 spiro atoms. The van der Waals surface area contributed by atoms with Gasteiger partial charge in [-0.1, -0.05) is 0 Å². The van der Waals surface area contributed by atoms with Crippen LogP contribution in [0.5, 0.6) is 0 Å². The lowest BCUT2D eigenvalue weighted by Crippen LogP contribution is -2.69. The van der Waals surface area contributed by atoms with Crippen LogP contribution in [0.1, 0.15) is 38.8 Å². The first-order valence-corrected chi connectivity index (χ1v) is 10.7. The third-order valence-corrected chi connectivity index (χ3v) is 7.65. The van der Waals surface area contributed by atoms with Gasteiger partial charge < -0.3 is 10.1 Å². The van der Waals surface area contributed by atoms with E-state index >= 15 is 0 Å². The van der Waals surface area contributed by atoms with Crippen LogP contribution in [0.4, 0.5) is 9.18 Å². The number of hydrogen-bond acceptors (Lipinski definition) is 5. The predicted octanol–water partition coefficient (Wildman–Crippen LogP) is 4.15. The van der Waals surface area contributed by atoms with Gasteiger partial charge in [0.25, 0.3) is 0 Å². The molecule has 1 saturated carbocycles. The summed E-state index contributed by atoms with van der Waals surface area (Å²) in [4.78, 5) is 19.7. The number of alkyl carbamates (subject to hydrolysis) is 1. The second-order valence-electron chi connectivity index (χ2n) is 8.68. The quantitative estimate of drug-likeness (QED) is 0.836. The van der Waals surface area contributed by atoms with Crippen molar-refractivity contribution in [2.45, 2.75) is 50.3 Å². The van der Waals surface area contributed by atoms with E-state index in [-0.39, 0.29) is 18.0 Å². The summed E-state index contributed by atoms with van der Waals surface area (Å²) in [6.45, 7) is 6.18. The summed E-state index contributed by atoms with van der Waals surface area (Å²) in [7, 11) is 0. The minimum Gasteiger partial charge on any atom is -0.446 e. The maximum absolute atomic E-state index is 13.1. The molecule has 0 radical (unpaired) electrons. The first-order chi connectivity index (χ1) is 13.4. The number of thiazole rings is 1. The lowest BCUT2D eigenvalue weighted by atomic mass is 9.60. The summed E-state index contributed by atoms with van der Waals surface area (Å²) in [6, 6.07) is 6.28. The molecule has 148 valence electrons. The van der Waals surface area contributed by atoms with Crippen molar-refractivity contribution in [1.82, 2.24) is 15.2 Å². The smallest absolute Gasteiger partial charge is 0.408 e. The third-order valence-electron chi connectivity index (χ3n) is 6.76. The second kappa shape index (κ2) is 6.26. The van der Waals surface area contributed by atoms with Crippen LogP contribution in [-0.2, 0) is 10.3 Å². The van der Waals surface area contributed by atoms with E-state index in [9.17, 15) is 9.18 Å². The van der Waals surface area contributed by atoms with Gasteiger partial charge in [0, 0.05) is 35.4 Å². The zero-order valence-electron chi connectivity index (χ0n) is 16.1. The summed E-state index contributed by atoms with van der Waals surface area (Å²) in [5, 5.41) is 5.71. The number of nitrogens with one attached hydrogen (secondary N) is 1. The topological polar surface area (TPSA) is 54.5 Å². The maximum Gasteiger partial charge on any atom is 0.408 e. The van der Waals surface area contributed by atoms with E-state index < -0.39 is 5.54 Å². The molecule has 0 bridgehead atoms. The fourth-order valence-electron chi connectivity index (χ4n) is 5.02. The highest BCUT2D eigenvalue weighted by atomic mass is 32.1. The van der Waals surface area contributed by atoms with Crippen LogP contribution >= 0.6 is 11.3 Å². The molecular formula is C21H24FN3O2S. The van der Waals surface area contributed by atoms with Crippen LogP contribution in [0.15, 0.2) is 29.6 Å². The van der Waals surface area contributed by atoms with Gasteiger partial charge in [0.15, 0.2) is 0 Å². The number of ether oxygens (including phenoxy) is 1. The van der Waals surface area contributed by atoms with E-state index in [0.29, 0.717) is 11.5 Å². The van der Waals surface area contributed by atoms with E-state index in [2.05, 4.69) is 15.2 Å². The molecule has 1 N–H and O–H groups in total. The number of benzene rings is 1. The monoisotopic (exact) mass is 401 g/mol. The second-order valence-corrected chi connectivity index (χ2v) is 9.54. The van der Waals surface area contributed by atoms with Crippen molar-refractivity contribution in [1.29, 1.82) is 0 Å². The highest BCUT2D eigenvalue weighted by molar-refractivity contribution is 7.13. The highest BCUT2D eigenvalue weighted by Crippen LogP contribution is 2.58. The Morgan fingerprint density at radius 1 is 1.36 bits per heavy atom. The number of rotatable bonds is 4. The molecule has 3 fully saturated rings. The van der Waals surface area contributed by atoms with Crippen LogP contribution in [-0.4, -0.2) is 40.7 Å². The van der Waals surface area contributed by atoms with Gasteiger partial charge in [0.2, 0.25) is 0 Å². The zero-order valence-corrected chi connectivity index (χ0v) is 16.9. The molecular weight excluding hydrogens is 377 g/mol.